The molecule has 0 spiro atoms. The summed E-state index contributed by atoms with van der Waals surface area (Å²) in [5.74, 6) is -1.83. The Bertz CT molecular complexity index is 1140. The van der Waals surface area contributed by atoms with Gasteiger partial charge in [0.15, 0.2) is 0 Å². The van der Waals surface area contributed by atoms with Crippen LogP contribution in [0.1, 0.15) is 19.8 Å². The standard InChI is InChI=1S/C15H11BrN4O5/c1-15(3-2-7(21)17-13(15)24)20-11(22)5-4-6(16)9-10(8(5)12(20)23)19-14(25)18-9/h4,22-23H,2-3H2,1H3,(H,17,21,24). The van der Waals surface area contributed by atoms with Gasteiger partial charge >= 0.3 is 6.03 Å². The molecule has 0 aliphatic carbocycles. The molecule has 0 bridgehead atoms. The Labute approximate surface area is 147 Å². The number of fused-ring (bicyclic) bond motifs is 3. The number of aromatic nitrogens is 1. The third-order valence-corrected chi connectivity index (χ3v) is 5.21. The number of rotatable bonds is 1. The zero-order valence-corrected chi connectivity index (χ0v) is 14.4. The number of carbonyl (C=O) groups excluding carboxylic acids is 3. The molecule has 1 aromatic heterocycles. The molecule has 2 aliphatic heterocycles. The van der Waals surface area contributed by atoms with Gasteiger partial charge in [-0.2, -0.15) is 9.98 Å². The predicted octanol–water partition coefficient (Wildman–Crippen LogP) is 0.340. The summed E-state index contributed by atoms with van der Waals surface area (Å²) >= 11 is 3.26. The van der Waals surface area contributed by atoms with Crippen molar-refractivity contribution in [2.75, 3.05) is 0 Å². The van der Waals surface area contributed by atoms with Crippen LogP contribution in [0.3, 0.4) is 0 Å². The monoisotopic (exact) mass is 406 g/mol. The number of nitrogens with zero attached hydrogens (tertiary/aromatic N) is 3. The first-order chi connectivity index (χ1) is 11.7. The van der Waals surface area contributed by atoms with Crippen LogP contribution in [-0.2, 0) is 15.1 Å². The van der Waals surface area contributed by atoms with E-state index in [1.165, 1.54) is 13.0 Å². The Morgan fingerprint density at radius 1 is 1.20 bits per heavy atom. The van der Waals surface area contributed by atoms with Gasteiger partial charge in [-0.15, -0.1) is 0 Å². The fourth-order valence-electron chi connectivity index (χ4n) is 3.27. The minimum atomic E-state index is -1.37. The van der Waals surface area contributed by atoms with Gasteiger partial charge < -0.3 is 10.2 Å². The van der Waals surface area contributed by atoms with Crippen molar-refractivity contribution in [3.05, 3.63) is 21.3 Å². The van der Waals surface area contributed by atoms with Crippen LogP contribution in [-0.4, -0.2) is 32.6 Å². The largest absolute Gasteiger partial charge is 0.494 e. The molecule has 1 saturated heterocycles. The number of hydrogen-bond acceptors (Lipinski definition) is 5. The van der Waals surface area contributed by atoms with Gasteiger partial charge in [0.05, 0.1) is 10.8 Å². The molecule has 2 aromatic rings. The van der Waals surface area contributed by atoms with E-state index in [1.807, 2.05) is 0 Å². The number of aromatic hydroxyl groups is 2. The van der Waals surface area contributed by atoms with E-state index < -0.39 is 29.3 Å². The molecule has 9 nitrogen and oxygen atoms in total. The number of halogens is 1. The molecule has 3 N–H and O–H groups in total. The van der Waals surface area contributed by atoms with Gasteiger partial charge in [-0.05, 0) is 35.3 Å². The fraction of sp³-hybridized carbons (Fsp3) is 0.267. The van der Waals surface area contributed by atoms with Crippen LogP contribution in [0.5, 0.6) is 11.8 Å². The maximum Gasteiger partial charge on any atom is 0.368 e. The maximum absolute atomic E-state index is 12.4. The van der Waals surface area contributed by atoms with Crippen molar-refractivity contribution in [3.8, 4) is 11.8 Å². The molecule has 1 unspecified atom stereocenters. The van der Waals surface area contributed by atoms with Crippen LogP contribution in [0.2, 0.25) is 0 Å². The van der Waals surface area contributed by atoms with Gasteiger partial charge in [0.1, 0.15) is 16.3 Å². The molecule has 10 heteroatoms. The molecule has 1 atom stereocenters. The van der Waals surface area contributed by atoms with Crippen LogP contribution in [0, 0.1) is 0 Å². The second-order valence-corrected chi connectivity index (χ2v) is 6.97. The summed E-state index contributed by atoms with van der Waals surface area (Å²) in [4.78, 5) is 42.9. The first kappa shape index (κ1) is 15.8. The molecule has 1 aromatic carbocycles. The lowest BCUT2D eigenvalue weighted by Gasteiger charge is -2.33. The van der Waals surface area contributed by atoms with Crippen molar-refractivity contribution in [1.82, 2.24) is 9.88 Å². The van der Waals surface area contributed by atoms with E-state index in [2.05, 4.69) is 31.2 Å². The van der Waals surface area contributed by atoms with E-state index in [0.29, 0.717) is 4.47 Å². The predicted molar refractivity (Wildman–Crippen MR) is 86.7 cm³/mol. The lowest BCUT2D eigenvalue weighted by molar-refractivity contribution is -0.140. The summed E-state index contributed by atoms with van der Waals surface area (Å²) in [6, 6.07) is 0.772. The normalized spacial score (nSPS) is 22.6. The zero-order valence-electron chi connectivity index (χ0n) is 12.8. The second kappa shape index (κ2) is 4.88. The number of amides is 4. The smallest absolute Gasteiger partial charge is 0.368 e. The number of benzene rings is 1. The maximum atomic E-state index is 12.4. The van der Waals surface area contributed by atoms with Crippen LogP contribution >= 0.6 is 15.9 Å². The van der Waals surface area contributed by atoms with Crippen molar-refractivity contribution >= 4 is 44.5 Å². The molecule has 25 heavy (non-hydrogen) atoms. The Morgan fingerprint density at radius 2 is 1.88 bits per heavy atom. The topological polar surface area (TPSA) is 133 Å². The zero-order chi connectivity index (χ0) is 18.1. The molecule has 0 saturated carbocycles. The highest BCUT2D eigenvalue weighted by molar-refractivity contribution is 9.10. The number of piperidine rings is 1. The lowest BCUT2D eigenvalue weighted by atomic mass is 9.90. The van der Waals surface area contributed by atoms with Crippen molar-refractivity contribution in [2.45, 2.75) is 25.3 Å². The summed E-state index contributed by atoms with van der Waals surface area (Å²) in [5, 5.41) is 24.3. The molecule has 0 radical (unpaired) electrons. The SMILES string of the molecule is CC1(n2c(O)c3cc(Br)c4c(c3c2O)=NC(=O)N=4)CCC(=O)NC1=O. The average Bonchev–Trinajstić information content (AvgIpc) is 3.03. The van der Waals surface area contributed by atoms with Gasteiger partial charge in [-0.3, -0.25) is 19.5 Å². The molecular formula is C15H11BrN4O5. The van der Waals surface area contributed by atoms with Gasteiger partial charge in [-0.25, -0.2) is 4.79 Å². The van der Waals surface area contributed by atoms with Gasteiger partial charge in [0.2, 0.25) is 17.7 Å². The van der Waals surface area contributed by atoms with Crippen LogP contribution in [0.4, 0.5) is 4.79 Å². The minimum Gasteiger partial charge on any atom is -0.494 e. The van der Waals surface area contributed by atoms with Crippen molar-refractivity contribution < 1.29 is 24.6 Å². The molecule has 1 fully saturated rings. The summed E-state index contributed by atoms with van der Waals surface area (Å²) in [6.45, 7) is 1.51. The molecule has 4 amide bonds. The van der Waals surface area contributed by atoms with Crippen molar-refractivity contribution in [3.63, 3.8) is 0 Å². The second-order valence-electron chi connectivity index (χ2n) is 6.12. The number of nitrogens with one attached hydrogen (secondary N) is 1. The van der Waals surface area contributed by atoms with Crippen LogP contribution < -0.4 is 16.0 Å². The van der Waals surface area contributed by atoms with E-state index in [-0.39, 0.29) is 40.2 Å². The lowest BCUT2D eigenvalue weighted by Crippen LogP contribution is -2.52. The third-order valence-electron chi connectivity index (χ3n) is 4.61. The minimum absolute atomic E-state index is 0.0651. The summed E-state index contributed by atoms with van der Waals surface area (Å²) in [6.07, 6.45) is 0.166. The Morgan fingerprint density at radius 3 is 2.56 bits per heavy atom. The van der Waals surface area contributed by atoms with Crippen molar-refractivity contribution in [2.24, 2.45) is 9.98 Å². The van der Waals surface area contributed by atoms with E-state index in [1.54, 1.807) is 0 Å². The molecule has 2 aliphatic rings. The summed E-state index contributed by atoms with van der Waals surface area (Å²) in [7, 11) is 0. The van der Waals surface area contributed by atoms with E-state index in [9.17, 15) is 24.6 Å². The number of urea groups is 1. The van der Waals surface area contributed by atoms with Crippen LogP contribution in [0.25, 0.3) is 10.8 Å². The van der Waals surface area contributed by atoms with Gasteiger partial charge in [-0.1, -0.05) is 0 Å². The first-order valence-electron chi connectivity index (χ1n) is 7.35. The van der Waals surface area contributed by atoms with Gasteiger partial charge in [0.25, 0.3) is 5.91 Å². The number of hydrogen-bond donors (Lipinski definition) is 3. The third kappa shape index (κ3) is 1.97. The molecular weight excluding hydrogens is 396 g/mol. The molecule has 4 rings (SSSR count). The molecule has 128 valence electrons. The highest BCUT2D eigenvalue weighted by atomic mass is 79.9. The Hall–Kier alpha value is -2.75. The number of imide groups is 1. The summed E-state index contributed by atoms with van der Waals surface area (Å²) < 4.78 is 1.48. The quantitative estimate of drug-likeness (QED) is 0.587. The first-order valence-corrected chi connectivity index (χ1v) is 8.14. The van der Waals surface area contributed by atoms with E-state index in [4.69, 9.17) is 0 Å². The number of carbonyl (C=O) groups is 3. The fourth-order valence-corrected chi connectivity index (χ4v) is 3.77. The van der Waals surface area contributed by atoms with E-state index >= 15 is 0 Å². The highest BCUT2D eigenvalue weighted by Crippen LogP contribution is 2.42. The highest BCUT2D eigenvalue weighted by Gasteiger charge is 2.44. The Kier molecular flexibility index (Phi) is 3.08. The van der Waals surface area contributed by atoms with E-state index in [0.717, 1.165) is 4.57 Å². The molecule has 3 heterocycles. The average molecular weight is 407 g/mol. The summed E-state index contributed by atoms with van der Waals surface area (Å²) in [5.41, 5.74) is -1.37. The Balaban J connectivity index is 2.09. The van der Waals surface area contributed by atoms with Gasteiger partial charge in [0, 0.05) is 10.9 Å². The van der Waals surface area contributed by atoms with Crippen molar-refractivity contribution in [1.29, 1.82) is 0 Å². The van der Waals surface area contributed by atoms with Crippen LogP contribution in [0.15, 0.2) is 20.5 Å².